The predicted octanol–water partition coefficient (Wildman–Crippen LogP) is 2.63. The third-order valence-electron chi connectivity index (χ3n) is 4.88. The molecule has 0 atom stereocenters. The zero-order chi connectivity index (χ0) is 18.0. The van der Waals surface area contributed by atoms with E-state index < -0.39 is 0 Å². The molecule has 0 saturated heterocycles. The minimum absolute atomic E-state index is 0.783. The van der Waals surface area contributed by atoms with Gasteiger partial charge in [-0.05, 0) is 46.2 Å². The molecule has 0 amide bonds. The van der Waals surface area contributed by atoms with Crippen LogP contribution in [0.25, 0.3) is 22.1 Å². The lowest BCUT2D eigenvalue weighted by Gasteiger charge is -2.14. The zero-order valence-corrected chi connectivity index (χ0v) is 16.7. The molecular weight excluding hydrogens is 330 g/mol. The van der Waals surface area contributed by atoms with Crippen LogP contribution in [0.3, 0.4) is 0 Å². The first kappa shape index (κ1) is 18.1. The highest BCUT2D eigenvalue weighted by Crippen LogP contribution is 2.30. The van der Waals surface area contributed by atoms with Gasteiger partial charge in [0.2, 0.25) is 5.16 Å². The Bertz CT molecular complexity index is 883. The lowest BCUT2D eigenvalue weighted by Crippen LogP contribution is -3.11. The van der Waals surface area contributed by atoms with Crippen LogP contribution < -0.4 is 4.90 Å². The van der Waals surface area contributed by atoms with E-state index in [1.54, 1.807) is 16.7 Å². The van der Waals surface area contributed by atoms with Gasteiger partial charge in [-0.1, -0.05) is 23.4 Å². The Hall–Kier alpha value is -1.66. The van der Waals surface area contributed by atoms with Gasteiger partial charge in [-0.25, -0.2) is 4.98 Å². The molecule has 0 aliphatic carbocycles. The van der Waals surface area contributed by atoms with Crippen molar-refractivity contribution in [2.24, 2.45) is 0 Å². The molecule has 3 rings (SSSR count). The standard InChI is InChI=1S/C19H27N5S/c1-6-23(7-2)9-10-25-19-20-18-16(21-22-19)15-12-13(4)11-14(5)17(15)24(18)8-3/h11-12H,6-10H2,1-5H3/p+1. The number of benzene rings is 1. The molecule has 3 aromatic rings. The number of fused-ring (bicyclic) bond motifs is 3. The average molecular weight is 359 g/mol. The number of thioether (sulfide) groups is 1. The minimum Gasteiger partial charge on any atom is -0.335 e. The van der Waals surface area contributed by atoms with Gasteiger partial charge in [0, 0.05) is 11.9 Å². The molecule has 2 aromatic heterocycles. The van der Waals surface area contributed by atoms with E-state index >= 15 is 0 Å². The number of nitrogens with zero attached hydrogens (tertiary/aromatic N) is 4. The van der Waals surface area contributed by atoms with Crippen molar-refractivity contribution in [2.45, 2.75) is 46.3 Å². The van der Waals surface area contributed by atoms with Gasteiger partial charge in [0.25, 0.3) is 0 Å². The fourth-order valence-corrected chi connectivity index (χ4v) is 4.35. The second-order valence-corrected chi connectivity index (χ2v) is 7.61. The number of quaternary nitrogens is 1. The molecule has 1 N–H and O–H groups in total. The summed E-state index contributed by atoms with van der Waals surface area (Å²) in [4.78, 5) is 6.45. The molecule has 5 nitrogen and oxygen atoms in total. The third-order valence-corrected chi connectivity index (χ3v) is 5.72. The van der Waals surface area contributed by atoms with Crippen molar-refractivity contribution in [3.8, 4) is 0 Å². The average Bonchev–Trinajstić information content (AvgIpc) is 2.92. The Morgan fingerprint density at radius 1 is 1.08 bits per heavy atom. The van der Waals surface area contributed by atoms with E-state index in [0.717, 1.165) is 48.3 Å². The van der Waals surface area contributed by atoms with Crippen molar-refractivity contribution >= 4 is 33.8 Å². The van der Waals surface area contributed by atoms with Crippen molar-refractivity contribution in [3.05, 3.63) is 23.3 Å². The topological polar surface area (TPSA) is 48.0 Å². The highest BCUT2D eigenvalue weighted by molar-refractivity contribution is 7.99. The van der Waals surface area contributed by atoms with Crippen molar-refractivity contribution in [2.75, 3.05) is 25.4 Å². The summed E-state index contributed by atoms with van der Waals surface area (Å²) in [6, 6.07) is 4.42. The minimum atomic E-state index is 0.783. The van der Waals surface area contributed by atoms with Crippen molar-refractivity contribution in [1.82, 2.24) is 19.7 Å². The maximum atomic E-state index is 4.85. The maximum Gasteiger partial charge on any atom is 0.211 e. The van der Waals surface area contributed by atoms with Gasteiger partial charge in [-0.2, -0.15) is 0 Å². The van der Waals surface area contributed by atoms with E-state index in [-0.39, 0.29) is 0 Å². The van der Waals surface area contributed by atoms with Crippen molar-refractivity contribution < 1.29 is 4.90 Å². The van der Waals surface area contributed by atoms with E-state index in [4.69, 9.17) is 4.98 Å². The fraction of sp³-hybridized carbons (Fsp3) is 0.526. The van der Waals surface area contributed by atoms with Gasteiger partial charge < -0.3 is 9.47 Å². The molecule has 134 valence electrons. The third kappa shape index (κ3) is 3.51. The predicted molar refractivity (Wildman–Crippen MR) is 106 cm³/mol. The van der Waals surface area contributed by atoms with Gasteiger partial charge in [0.05, 0.1) is 30.9 Å². The molecule has 0 aliphatic rings. The Morgan fingerprint density at radius 2 is 1.84 bits per heavy atom. The van der Waals surface area contributed by atoms with Crippen LogP contribution in [0.2, 0.25) is 0 Å². The maximum absolute atomic E-state index is 4.85. The van der Waals surface area contributed by atoms with E-state index in [2.05, 4.69) is 61.5 Å². The zero-order valence-electron chi connectivity index (χ0n) is 15.9. The highest BCUT2D eigenvalue weighted by Gasteiger charge is 2.16. The highest BCUT2D eigenvalue weighted by atomic mass is 32.2. The summed E-state index contributed by atoms with van der Waals surface area (Å²) < 4.78 is 2.27. The number of hydrogen-bond acceptors (Lipinski definition) is 4. The van der Waals surface area contributed by atoms with Crippen LogP contribution in [0.4, 0.5) is 0 Å². The molecule has 0 aliphatic heterocycles. The monoisotopic (exact) mass is 358 g/mol. The molecule has 0 spiro atoms. The van der Waals surface area contributed by atoms with Crippen LogP contribution in [0.5, 0.6) is 0 Å². The first-order valence-electron chi connectivity index (χ1n) is 9.19. The molecule has 0 saturated carbocycles. The number of aromatic nitrogens is 4. The molecular formula is C19H28N5S+. The van der Waals surface area contributed by atoms with Gasteiger partial charge in [-0.3, -0.25) is 0 Å². The first-order valence-corrected chi connectivity index (χ1v) is 10.2. The van der Waals surface area contributed by atoms with Crippen LogP contribution in [-0.4, -0.2) is 45.1 Å². The second-order valence-electron chi connectivity index (χ2n) is 6.54. The van der Waals surface area contributed by atoms with Crippen LogP contribution in [-0.2, 0) is 6.54 Å². The Balaban J connectivity index is 1.97. The largest absolute Gasteiger partial charge is 0.335 e. The Morgan fingerprint density at radius 3 is 2.52 bits per heavy atom. The van der Waals surface area contributed by atoms with Crippen LogP contribution in [0.15, 0.2) is 17.3 Å². The second kappa shape index (κ2) is 7.70. The number of nitrogens with one attached hydrogen (secondary N) is 1. The molecule has 2 heterocycles. The molecule has 0 fully saturated rings. The fourth-order valence-electron chi connectivity index (χ4n) is 3.53. The molecule has 6 heteroatoms. The van der Waals surface area contributed by atoms with E-state index in [0.29, 0.717) is 0 Å². The lowest BCUT2D eigenvalue weighted by molar-refractivity contribution is -0.893. The Labute approximate surface area is 153 Å². The number of aryl methyl sites for hydroxylation is 3. The normalized spacial score (nSPS) is 11.9. The summed E-state index contributed by atoms with van der Waals surface area (Å²) in [6.45, 7) is 15.3. The molecule has 1 aromatic carbocycles. The summed E-state index contributed by atoms with van der Waals surface area (Å²) in [5, 5.41) is 10.9. The summed E-state index contributed by atoms with van der Waals surface area (Å²) in [5.74, 6) is 1.02. The molecule has 25 heavy (non-hydrogen) atoms. The molecule has 0 bridgehead atoms. The SMILES string of the molecule is CCn1c2nc(SCC[NH+](CC)CC)nnc2c2cc(C)cc(C)c21. The van der Waals surface area contributed by atoms with Gasteiger partial charge in [0.15, 0.2) is 5.65 Å². The van der Waals surface area contributed by atoms with Gasteiger partial charge in [-0.15, -0.1) is 10.2 Å². The van der Waals surface area contributed by atoms with Crippen LogP contribution in [0.1, 0.15) is 31.9 Å². The molecule has 0 unspecified atom stereocenters. The van der Waals surface area contributed by atoms with Gasteiger partial charge in [0.1, 0.15) is 5.52 Å². The number of rotatable bonds is 7. The lowest BCUT2D eigenvalue weighted by atomic mass is 10.1. The summed E-state index contributed by atoms with van der Waals surface area (Å²) in [5.41, 5.74) is 5.64. The smallest absolute Gasteiger partial charge is 0.211 e. The van der Waals surface area contributed by atoms with Crippen molar-refractivity contribution in [1.29, 1.82) is 0 Å². The summed E-state index contributed by atoms with van der Waals surface area (Å²) >= 11 is 1.71. The number of hydrogen-bond donors (Lipinski definition) is 1. The van der Waals surface area contributed by atoms with E-state index in [9.17, 15) is 0 Å². The summed E-state index contributed by atoms with van der Waals surface area (Å²) in [7, 11) is 0. The van der Waals surface area contributed by atoms with Crippen LogP contribution >= 0.6 is 11.8 Å². The van der Waals surface area contributed by atoms with E-state index in [1.807, 2.05) is 0 Å². The van der Waals surface area contributed by atoms with E-state index in [1.165, 1.54) is 22.0 Å². The molecule has 0 radical (unpaired) electrons. The Kier molecular flexibility index (Phi) is 5.59. The summed E-state index contributed by atoms with van der Waals surface area (Å²) in [6.07, 6.45) is 0. The van der Waals surface area contributed by atoms with Crippen LogP contribution in [0, 0.1) is 13.8 Å². The first-order chi connectivity index (χ1) is 12.1. The quantitative estimate of drug-likeness (QED) is 0.660. The van der Waals surface area contributed by atoms with Gasteiger partial charge >= 0.3 is 0 Å². The van der Waals surface area contributed by atoms with Crippen molar-refractivity contribution in [3.63, 3.8) is 0 Å².